The van der Waals surface area contributed by atoms with E-state index in [1.54, 1.807) is 0 Å². The Hall–Kier alpha value is -1.96. The topological polar surface area (TPSA) is 140 Å². The Morgan fingerprint density at radius 3 is 2.60 bits per heavy atom. The van der Waals surface area contributed by atoms with Crippen molar-refractivity contribution in [2.75, 3.05) is 7.11 Å². The van der Waals surface area contributed by atoms with Crippen LogP contribution in [0.1, 0.15) is 6.42 Å². The van der Waals surface area contributed by atoms with Gasteiger partial charge in [-0.1, -0.05) is 0 Å². The molecule has 0 spiro atoms. The molecule has 0 saturated carbocycles. The Balaban J connectivity index is 4.35. The monoisotopic (exact) mass is 218 g/mol. The quantitative estimate of drug-likeness (QED) is 0.278. The first-order chi connectivity index (χ1) is 7.01. The lowest BCUT2D eigenvalue weighted by molar-refractivity contribution is -0.139. The molecule has 0 aliphatic rings. The SMILES string of the molecule is COC(=O)N[C@@H](C/C(N)=C/NN)C(=O)O. The second-order valence-electron chi connectivity index (χ2n) is 2.62. The number of hydrazine groups is 1. The average molecular weight is 218 g/mol. The highest BCUT2D eigenvalue weighted by atomic mass is 16.5. The molecule has 7 N–H and O–H groups in total. The third kappa shape index (κ3) is 5.37. The summed E-state index contributed by atoms with van der Waals surface area (Å²) in [7, 11) is 1.13. The van der Waals surface area contributed by atoms with Crippen molar-refractivity contribution in [1.29, 1.82) is 0 Å². The molecule has 0 aromatic carbocycles. The fraction of sp³-hybridized carbons (Fsp3) is 0.429. The van der Waals surface area contributed by atoms with E-state index in [0.29, 0.717) is 0 Å². The minimum Gasteiger partial charge on any atom is -0.480 e. The lowest BCUT2D eigenvalue weighted by atomic mass is 10.2. The van der Waals surface area contributed by atoms with E-state index in [1.165, 1.54) is 6.20 Å². The summed E-state index contributed by atoms with van der Waals surface area (Å²) in [6.07, 6.45) is 0.319. The molecule has 1 amide bonds. The number of nitrogens with two attached hydrogens (primary N) is 2. The molecule has 0 unspecified atom stereocenters. The van der Waals surface area contributed by atoms with Gasteiger partial charge in [0.25, 0.3) is 0 Å². The van der Waals surface area contributed by atoms with Crippen LogP contribution in [0.3, 0.4) is 0 Å². The number of carboxylic acids is 1. The molecule has 8 heteroatoms. The van der Waals surface area contributed by atoms with Gasteiger partial charge >= 0.3 is 12.1 Å². The van der Waals surface area contributed by atoms with Crippen LogP contribution in [0.2, 0.25) is 0 Å². The molecular formula is C7H14N4O4. The van der Waals surface area contributed by atoms with Crippen LogP contribution in [0.5, 0.6) is 0 Å². The molecule has 0 fully saturated rings. The van der Waals surface area contributed by atoms with Crippen LogP contribution < -0.4 is 22.3 Å². The van der Waals surface area contributed by atoms with Crippen molar-refractivity contribution in [1.82, 2.24) is 10.7 Å². The summed E-state index contributed by atoms with van der Waals surface area (Å²) in [5.74, 6) is 3.73. The minimum atomic E-state index is -1.21. The number of carbonyl (C=O) groups excluding carboxylic acids is 1. The zero-order chi connectivity index (χ0) is 11.8. The first kappa shape index (κ1) is 13.0. The second-order valence-corrected chi connectivity index (χ2v) is 2.62. The van der Waals surface area contributed by atoms with Gasteiger partial charge in [0, 0.05) is 18.3 Å². The summed E-state index contributed by atoms with van der Waals surface area (Å²) in [4.78, 5) is 21.5. The van der Waals surface area contributed by atoms with Gasteiger partial charge in [0.2, 0.25) is 0 Å². The number of hydrogen-bond donors (Lipinski definition) is 5. The summed E-state index contributed by atoms with van der Waals surface area (Å²) in [6.45, 7) is 0. The van der Waals surface area contributed by atoms with Crippen LogP contribution in [-0.2, 0) is 9.53 Å². The van der Waals surface area contributed by atoms with E-state index in [1.807, 2.05) is 0 Å². The highest BCUT2D eigenvalue weighted by molar-refractivity contribution is 5.80. The Bertz CT molecular complexity index is 266. The van der Waals surface area contributed by atoms with Gasteiger partial charge in [-0.2, -0.15) is 0 Å². The molecule has 0 heterocycles. The van der Waals surface area contributed by atoms with Crippen molar-refractivity contribution < 1.29 is 19.4 Å². The van der Waals surface area contributed by atoms with Crippen LogP contribution in [-0.4, -0.2) is 30.3 Å². The number of methoxy groups -OCH3 is 1. The lowest BCUT2D eigenvalue weighted by Gasteiger charge is -2.13. The average Bonchev–Trinajstić information content (AvgIpc) is 2.16. The second kappa shape index (κ2) is 6.49. The van der Waals surface area contributed by atoms with Crippen molar-refractivity contribution >= 4 is 12.1 Å². The molecule has 0 radical (unpaired) electrons. The Morgan fingerprint density at radius 1 is 1.60 bits per heavy atom. The molecule has 0 aromatic heterocycles. The third-order valence-electron chi connectivity index (χ3n) is 1.48. The maximum Gasteiger partial charge on any atom is 0.407 e. The third-order valence-corrected chi connectivity index (χ3v) is 1.48. The van der Waals surface area contributed by atoms with Gasteiger partial charge < -0.3 is 26.3 Å². The van der Waals surface area contributed by atoms with Gasteiger partial charge in [-0.25, -0.2) is 9.59 Å². The summed E-state index contributed by atoms with van der Waals surface area (Å²) in [5, 5.41) is 10.8. The zero-order valence-corrected chi connectivity index (χ0v) is 8.19. The van der Waals surface area contributed by atoms with Gasteiger partial charge in [-0.3, -0.25) is 5.84 Å². The van der Waals surface area contributed by atoms with Gasteiger partial charge in [-0.15, -0.1) is 0 Å². The fourth-order valence-electron chi connectivity index (χ4n) is 0.803. The number of aliphatic carboxylic acids is 1. The molecule has 0 bridgehead atoms. The maximum atomic E-state index is 10.8. The van der Waals surface area contributed by atoms with Crippen molar-refractivity contribution in [3.05, 3.63) is 11.9 Å². The Morgan fingerprint density at radius 2 is 2.20 bits per heavy atom. The normalized spacial score (nSPS) is 12.8. The largest absolute Gasteiger partial charge is 0.480 e. The van der Waals surface area contributed by atoms with Crippen LogP contribution in [0.4, 0.5) is 4.79 Å². The van der Waals surface area contributed by atoms with E-state index in [-0.39, 0.29) is 12.1 Å². The number of ether oxygens (including phenoxy) is 1. The predicted octanol–water partition coefficient (Wildman–Crippen LogP) is -1.55. The predicted molar refractivity (Wildman–Crippen MR) is 51.2 cm³/mol. The van der Waals surface area contributed by atoms with Crippen LogP contribution >= 0.6 is 0 Å². The number of amides is 1. The van der Waals surface area contributed by atoms with E-state index in [4.69, 9.17) is 16.7 Å². The minimum absolute atomic E-state index is 0.0748. The van der Waals surface area contributed by atoms with E-state index in [0.717, 1.165) is 7.11 Å². The molecule has 0 aliphatic heterocycles. The molecule has 0 aliphatic carbocycles. The van der Waals surface area contributed by atoms with Gasteiger partial charge in [0.15, 0.2) is 0 Å². The van der Waals surface area contributed by atoms with E-state index in [9.17, 15) is 9.59 Å². The smallest absolute Gasteiger partial charge is 0.407 e. The zero-order valence-electron chi connectivity index (χ0n) is 8.19. The van der Waals surface area contributed by atoms with Gasteiger partial charge in [0.1, 0.15) is 6.04 Å². The lowest BCUT2D eigenvalue weighted by Crippen LogP contribution is -2.41. The number of carbonyl (C=O) groups is 2. The number of hydrogen-bond acceptors (Lipinski definition) is 6. The van der Waals surface area contributed by atoms with E-state index in [2.05, 4.69) is 15.5 Å². The van der Waals surface area contributed by atoms with Crippen molar-refractivity contribution in [3.8, 4) is 0 Å². The molecule has 8 nitrogen and oxygen atoms in total. The van der Waals surface area contributed by atoms with Crippen molar-refractivity contribution in [2.24, 2.45) is 11.6 Å². The highest BCUT2D eigenvalue weighted by Crippen LogP contribution is 1.99. The number of rotatable bonds is 5. The molecule has 0 aromatic rings. The molecule has 1 atom stereocenters. The first-order valence-corrected chi connectivity index (χ1v) is 3.99. The summed E-state index contributed by atoms with van der Waals surface area (Å²) in [6, 6.07) is -1.15. The maximum absolute atomic E-state index is 10.8. The van der Waals surface area contributed by atoms with Crippen molar-refractivity contribution in [3.63, 3.8) is 0 Å². The van der Waals surface area contributed by atoms with Crippen LogP contribution in [0.25, 0.3) is 0 Å². The summed E-state index contributed by atoms with van der Waals surface area (Å²) < 4.78 is 4.26. The number of alkyl carbamates (subject to hydrolysis) is 1. The molecular weight excluding hydrogens is 204 g/mol. The number of carboxylic acid groups (broad SMARTS) is 1. The molecule has 0 saturated heterocycles. The molecule has 86 valence electrons. The molecule has 0 rings (SSSR count). The molecule has 15 heavy (non-hydrogen) atoms. The van der Waals surface area contributed by atoms with Gasteiger partial charge in [-0.05, 0) is 0 Å². The number of nitrogens with one attached hydrogen (secondary N) is 2. The van der Waals surface area contributed by atoms with E-state index >= 15 is 0 Å². The fourth-order valence-corrected chi connectivity index (χ4v) is 0.803. The summed E-state index contributed by atoms with van der Waals surface area (Å²) in [5.41, 5.74) is 7.75. The summed E-state index contributed by atoms with van der Waals surface area (Å²) >= 11 is 0. The standard InChI is InChI=1S/C7H14N4O4/c1-15-7(14)11-5(6(12)13)2-4(8)3-10-9/h3,5,10H,2,8-9H2,1H3,(H,11,14)(H,12,13)/b4-3-/t5-/m0/s1. The Labute approximate surface area is 86.2 Å². The Kier molecular flexibility index (Phi) is 5.64. The van der Waals surface area contributed by atoms with Crippen LogP contribution in [0, 0.1) is 0 Å². The first-order valence-electron chi connectivity index (χ1n) is 3.99. The van der Waals surface area contributed by atoms with E-state index < -0.39 is 18.1 Å². The van der Waals surface area contributed by atoms with Crippen molar-refractivity contribution in [2.45, 2.75) is 12.5 Å². The highest BCUT2D eigenvalue weighted by Gasteiger charge is 2.20. The van der Waals surface area contributed by atoms with Crippen LogP contribution in [0.15, 0.2) is 11.9 Å². The van der Waals surface area contributed by atoms with Gasteiger partial charge in [0.05, 0.1) is 7.11 Å².